The van der Waals surface area contributed by atoms with Gasteiger partial charge in [0.1, 0.15) is 17.5 Å². The predicted molar refractivity (Wildman–Crippen MR) is 114 cm³/mol. The van der Waals surface area contributed by atoms with Crippen LogP contribution in [0.3, 0.4) is 0 Å². The number of rotatable bonds is 9. The van der Waals surface area contributed by atoms with Crippen molar-refractivity contribution in [3.05, 3.63) is 54.1 Å². The molecule has 0 spiro atoms. The van der Waals surface area contributed by atoms with Gasteiger partial charge >= 0.3 is 0 Å². The molecule has 2 atom stereocenters. The Morgan fingerprint density at radius 2 is 1.59 bits per heavy atom. The SMILES string of the molecule is CCOc1ccc([C@@H](C)NC(=O)[C@@H](C)N(c2ccc(OC)cc2)S(C)(=O)=O)cc1. The van der Waals surface area contributed by atoms with Gasteiger partial charge in [-0.1, -0.05) is 12.1 Å². The molecule has 0 heterocycles. The topological polar surface area (TPSA) is 84.9 Å². The molecule has 2 rings (SSSR count). The minimum Gasteiger partial charge on any atom is -0.497 e. The monoisotopic (exact) mass is 420 g/mol. The van der Waals surface area contributed by atoms with E-state index in [1.165, 1.54) is 7.11 Å². The Bertz CT molecular complexity index is 911. The summed E-state index contributed by atoms with van der Waals surface area (Å²) in [5.74, 6) is 0.960. The Morgan fingerprint density at radius 3 is 2.07 bits per heavy atom. The zero-order valence-electron chi connectivity index (χ0n) is 17.4. The average molecular weight is 421 g/mol. The number of methoxy groups -OCH3 is 1. The fraction of sp³-hybridized carbons (Fsp3) is 0.381. The Kier molecular flexibility index (Phi) is 7.50. The highest BCUT2D eigenvalue weighted by molar-refractivity contribution is 7.92. The molecule has 7 nitrogen and oxygen atoms in total. The third-order valence-corrected chi connectivity index (χ3v) is 5.71. The number of nitrogens with one attached hydrogen (secondary N) is 1. The molecule has 2 aromatic rings. The second kappa shape index (κ2) is 9.65. The number of benzene rings is 2. The zero-order chi connectivity index (χ0) is 21.6. The number of hydrogen-bond donors (Lipinski definition) is 1. The van der Waals surface area contributed by atoms with Gasteiger partial charge in [-0.15, -0.1) is 0 Å². The third kappa shape index (κ3) is 5.87. The van der Waals surface area contributed by atoms with Crippen molar-refractivity contribution in [2.75, 3.05) is 24.3 Å². The van der Waals surface area contributed by atoms with Crippen LogP contribution in [-0.4, -0.2) is 40.3 Å². The van der Waals surface area contributed by atoms with Crippen LogP contribution in [-0.2, 0) is 14.8 Å². The minimum atomic E-state index is -3.68. The van der Waals surface area contributed by atoms with Crippen LogP contribution in [0.15, 0.2) is 48.5 Å². The van der Waals surface area contributed by atoms with E-state index in [-0.39, 0.29) is 6.04 Å². The van der Waals surface area contributed by atoms with Gasteiger partial charge in [0.2, 0.25) is 15.9 Å². The van der Waals surface area contributed by atoms with Crippen LogP contribution >= 0.6 is 0 Å². The molecule has 158 valence electrons. The lowest BCUT2D eigenvalue weighted by Gasteiger charge is -2.29. The van der Waals surface area contributed by atoms with Crippen LogP contribution in [0.4, 0.5) is 5.69 Å². The standard InChI is InChI=1S/C21H28N2O5S/c1-6-28-20-11-7-17(8-12-20)15(2)22-21(24)16(3)23(29(5,25)26)18-9-13-19(27-4)14-10-18/h7-16H,6H2,1-5H3,(H,22,24)/t15-,16-/m1/s1. The quantitative estimate of drug-likeness (QED) is 0.674. The summed E-state index contributed by atoms with van der Waals surface area (Å²) in [7, 11) is -2.15. The molecule has 0 radical (unpaired) electrons. The van der Waals surface area contributed by atoms with E-state index in [0.29, 0.717) is 18.0 Å². The Morgan fingerprint density at radius 1 is 1.03 bits per heavy atom. The molecular weight excluding hydrogens is 392 g/mol. The molecule has 0 aliphatic rings. The molecule has 29 heavy (non-hydrogen) atoms. The molecular formula is C21H28N2O5S. The van der Waals surface area contributed by atoms with Crippen LogP contribution in [0, 0.1) is 0 Å². The van der Waals surface area contributed by atoms with Crippen molar-refractivity contribution in [1.82, 2.24) is 5.32 Å². The normalized spacial score (nSPS) is 13.3. The number of carbonyl (C=O) groups is 1. The first kappa shape index (κ1) is 22.5. The Labute approximate surface area is 172 Å². The Balaban J connectivity index is 2.17. The van der Waals surface area contributed by atoms with E-state index in [1.807, 2.05) is 38.1 Å². The molecule has 0 saturated carbocycles. The average Bonchev–Trinajstić information content (AvgIpc) is 2.68. The molecule has 8 heteroatoms. The van der Waals surface area contributed by atoms with Gasteiger partial charge in [0.15, 0.2) is 0 Å². The molecule has 0 aliphatic heterocycles. The van der Waals surface area contributed by atoms with Gasteiger partial charge in [0.05, 0.1) is 31.7 Å². The molecule has 0 aliphatic carbocycles. The van der Waals surface area contributed by atoms with E-state index < -0.39 is 22.0 Å². The van der Waals surface area contributed by atoms with E-state index in [1.54, 1.807) is 31.2 Å². The Hall–Kier alpha value is -2.74. The minimum absolute atomic E-state index is 0.294. The molecule has 1 N–H and O–H groups in total. The summed E-state index contributed by atoms with van der Waals surface area (Å²) >= 11 is 0. The summed E-state index contributed by atoms with van der Waals surface area (Å²) < 4.78 is 36.4. The van der Waals surface area contributed by atoms with E-state index in [9.17, 15) is 13.2 Å². The van der Waals surface area contributed by atoms with Crippen LogP contribution in [0.5, 0.6) is 11.5 Å². The van der Waals surface area contributed by atoms with E-state index in [4.69, 9.17) is 9.47 Å². The van der Waals surface area contributed by atoms with Gasteiger partial charge in [-0.25, -0.2) is 8.42 Å². The number of nitrogens with zero attached hydrogens (tertiary/aromatic N) is 1. The van der Waals surface area contributed by atoms with Crippen LogP contribution in [0.2, 0.25) is 0 Å². The number of carbonyl (C=O) groups excluding carboxylic acids is 1. The summed E-state index contributed by atoms with van der Waals surface area (Å²) in [5, 5.41) is 2.88. The van der Waals surface area contributed by atoms with Gasteiger partial charge < -0.3 is 14.8 Å². The van der Waals surface area contributed by atoms with Crippen LogP contribution < -0.4 is 19.1 Å². The number of sulfonamides is 1. The van der Waals surface area contributed by atoms with E-state index >= 15 is 0 Å². The van der Waals surface area contributed by atoms with Crippen molar-refractivity contribution in [1.29, 1.82) is 0 Å². The molecule has 0 saturated heterocycles. The number of anilines is 1. The number of amides is 1. The summed E-state index contributed by atoms with van der Waals surface area (Å²) in [4.78, 5) is 12.8. The largest absolute Gasteiger partial charge is 0.497 e. The second-order valence-corrected chi connectivity index (χ2v) is 8.52. The van der Waals surface area contributed by atoms with E-state index in [0.717, 1.165) is 21.9 Å². The molecule has 0 fully saturated rings. The number of hydrogen-bond acceptors (Lipinski definition) is 5. The van der Waals surface area contributed by atoms with Crippen molar-refractivity contribution in [2.24, 2.45) is 0 Å². The van der Waals surface area contributed by atoms with Crippen LogP contribution in [0.1, 0.15) is 32.4 Å². The molecule has 0 bridgehead atoms. The summed E-state index contributed by atoms with van der Waals surface area (Å²) in [6, 6.07) is 12.7. The molecule has 2 aromatic carbocycles. The van der Waals surface area contributed by atoms with Crippen molar-refractivity contribution in [2.45, 2.75) is 32.9 Å². The summed E-state index contributed by atoms with van der Waals surface area (Å²) in [6.45, 7) is 5.90. The lowest BCUT2D eigenvalue weighted by molar-refractivity contribution is -0.122. The van der Waals surface area contributed by atoms with Crippen molar-refractivity contribution in [3.8, 4) is 11.5 Å². The van der Waals surface area contributed by atoms with Crippen molar-refractivity contribution >= 4 is 21.6 Å². The summed E-state index contributed by atoms with van der Waals surface area (Å²) in [5.41, 5.74) is 1.29. The van der Waals surface area contributed by atoms with Gasteiger partial charge in [-0.3, -0.25) is 9.10 Å². The fourth-order valence-corrected chi connectivity index (χ4v) is 4.15. The van der Waals surface area contributed by atoms with Gasteiger partial charge in [0.25, 0.3) is 0 Å². The molecule has 0 aromatic heterocycles. The first-order valence-corrected chi connectivity index (χ1v) is 11.2. The summed E-state index contributed by atoms with van der Waals surface area (Å²) in [6.07, 6.45) is 1.08. The molecule has 1 amide bonds. The third-order valence-electron chi connectivity index (χ3n) is 4.47. The first-order chi connectivity index (χ1) is 13.7. The van der Waals surface area contributed by atoms with Crippen molar-refractivity contribution in [3.63, 3.8) is 0 Å². The van der Waals surface area contributed by atoms with Crippen molar-refractivity contribution < 1.29 is 22.7 Å². The van der Waals surface area contributed by atoms with Gasteiger partial charge in [-0.05, 0) is 62.7 Å². The van der Waals surface area contributed by atoms with Gasteiger partial charge in [-0.2, -0.15) is 0 Å². The first-order valence-electron chi connectivity index (χ1n) is 9.34. The van der Waals surface area contributed by atoms with E-state index in [2.05, 4.69) is 5.32 Å². The lowest BCUT2D eigenvalue weighted by atomic mass is 10.1. The number of ether oxygens (including phenoxy) is 2. The lowest BCUT2D eigenvalue weighted by Crippen LogP contribution is -2.48. The second-order valence-electron chi connectivity index (χ2n) is 6.67. The highest BCUT2D eigenvalue weighted by atomic mass is 32.2. The maximum absolute atomic E-state index is 12.8. The maximum Gasteiger partial charge on any atom is 0.244 e. The van der Waals surface area contributed by atoms with Crippen LogP contribution in [0.25, 0.3) is 0 Å². The zero-order valence-corrected chi connectivity index (χ0v) is 18.2. The highest BCUT2D eigenvalue weighted by Crippen LogP contribution is 2.24. The highest BCUT2D eigenvalue weighted by Gasteiger charge is 2.29. The smallest absolute Gasteiger partial charge is 0.244 e. The molecule has 0 unspecified atom stereocenters. The maximum atomic E-state index is 12.8. The van der Waals surface area contributed by atoms with Gasteiger partial charge in [0, 0.05) is 0 Å². The fourth-order valence-electron chi connectivity index (χ4n) is 2.97. The predicted octanol–water partition coefficient (Wildman–Crippen LogP) is 3.13.